The maximum Gasteiger partial charge on any atom is 0.309 e. The highest BCUT2D eigenvalue weighted by molar-refractivity contribution is 5.75. The molecule has 13 atom stereocenters. The number of aliphatic hydroxyl groups excluding tert-OH is 4. The first-order valence-corrected chi connectivity index (χ1v) is 15.3. The van der Waals surface area contributed by atoms with Crippen molar-refractivity contribution in [1.29, 1.82) is 0 Å². The van der Waals surface area contributed by atoms with Crippen LogP contribution < -0.4 is 0 Å². The maximum atomic E-state index is 12.9. The van der Waals surface area contributed by atoms with E-state index in [2.05, 4.69) is 13.5 Å². The van der Waals surface area contributed by atoms with Gasteiger partial charge in [0.15, 0.2) is 12.4 Å². The van der Waals surface area contributed by atoms with E-state index >= 15 is 0 Å². The van der Waals surface area contributed by atoms with Crippen LogP contribution in [0.4, 0.5) is 0 Å². The molecule has 1 saturated heterocycles. The molecule has 10 nitrogen and oxygen atoms in total. The van der Waals surface area contributed by atoms with Crippen molar-refractivity contribution in [3.8, 4) is 0 Å². The molecule has 0 aromatic heterocycles. The smallest absolute Gasteiger partial charge is 0.309 e. The molecular formula is C31H48O10. The SMILES string of the molecule is C=C1[C@@H]2CC[C@H]3[C@]4(C)C[C@H](O[C@@H]5O[C@H](CO)[C@@H](O)[C@H](O)[C@H]5OC(=O)CC(C)C)C[C@@](C)(C(=O)O)[C@H]4CC[C@]3(C2)[C@H]1O. The van der Waals surface area contributed by atoms with Crippen LogP contribution in [0, 0.1) is 39.9 Å². The third kappa shape index (κ3) is 4.86. The molecule has 0 amide bonds. The van der Waals surface area contributed by atoms with Crippen LogP contribution in [0.3, 0.4) is 0 Å². The molecule has 4 saturated carbocycles. The van der Waals surface area contributed by atoms with E-state index in [0.29, 0.717) is 18.8 Å². The summed E-state index contributed by atoms with van der Waals surface area (Å²) in [6, 6.07) is 0. The first kappa shape index (κ1) is 30.9. The highest BCUT2D eigenvalue weighted by Crippen LogP contribution is 2.72. The normalized spacial score (nSPS) is 49.3. The van der Waals surface area contributed by atoms with E-state index in [-0.39, 0.29) is 36.0 Å². The van der Waals surface area contributed by atoms with Crippen LogP contribution in [0.15, 0.2) is 12.2 Å². The molecule has 2 bridgehead atoms. The number of ether oxygens (including phenoxy) is 3. The number of rotatable bonds is 7. The lowest BCUT2D eigenvalue weighted by Gasteiger charge is -2.64. The fourth-order valence-corrected chi connectivity index (χ4v) is 9.81. The van der Waals surface area contributed by atoms with Crippen molar-refractivity contribution in [2.75, 3.05) is 6.61 Å². The monoisotopic (exact) mass is 580 g/mol. The van der Waals surface area contributed by atoms with E-state index in [0.717, 1.165) is 31.3 Å². The number of aliphatic carboxylic acids is 1. The number of fused-ring (bicyclic) bond motifs is 3. The molecule has 10 heteroatoms. The van der Waals surface area contributed by atoms with Crippen molar-refractivity contribution < 1.29 is 49.3 Å². The molecule has 1 spiro atoms. The van der Waals surface area contributed by atoms with Crippen molar-refractivity contribution >= 4 is 11.9 Å². The lowest BCUT2D eigenvalue weighted by Crippen LogP contribution is -2.64. The van der Waals surface area contributed by atoms with Crippen LogP contribution in [0.2, 0.25) is 0 Å². The van der Waals surface area contributed by atoms with Crippen LogP contribution in [0.1, 0.15) is 79.1 Å². The summed E-state index contributed by atoms with van der Waals surface area (Å²) in [6.45, 7) is 11.3. The predicted molar refractivity (Wildman–Crippen MR) is 146 cm³/mol. The van der Waals surface area contributed by atoms with Gasteiger partial charge in [0, 0.05) is 11.8 Å². The first-order chi connectivity index (χ1) is 19.2. The minimum atomic E-state index is -1.56. The highest BCUT2D eigenvalue weighted by Gasteiger charge is 2.69. The van der Waals surface area contributed by atoms with E-state index < -0.39 is 72.3 Å². The summed E-state index contributed by atoms with van der Waals surface area (Å²) in [6.07, 6.45) is -3.22. The molecule has 5 fully saturated rings. The molecule has 232 valence electrons. The first-order valence-electron chi connectivity index (χ1n) is 15.3. The average molecular weight is 581 g/mol. The Morgan fingerprint density at radius 1 is 1.05 bits per heavy atom. The summed E-state index contributed by atoms with van der Waals surface area (Å²) < 4.78 is 17.9. The Kier molecular flexibility index (Phi) is 8.18. The van der Waals surface area contributed by atoms with Crippen LogP contribution in [-0.4, -0.2) is 87.0 Å². The van der Waals surface area contributed by atoms with Gasteiger partial charge in [-0.15, -0.1) is 0 Å². The van der Waals surface area contributed by atoms with Crippen molar-refractivity contribution in [2.24, 2.45) is 39.9 Å². The van der Waals surface area contributed by atoms with Gasteiger partial charge in [0.25, 0.3) is 0 Å². The molecule has 4 aliphatic carbocycles. The molecule has 0 aromatic carbocycles. The molecule has 0 radical (unpaired) electrons. The maximum absolute atomic E-state index is 12.9. The van der Waals surface area contributed by atoms with Gasteiger partial charge in [0.1, 0.15) is 18.3 Å². The summed E-state index contributed by atoms with van der Waals surface area (Å²) in [5.41, 5.74) is -1.02. The Morgan fingerprint density at radius 2 is 1.76 bits per heavy atom. The molecule has 41 heavy (non-hydrogen) atoms. The molecule has 0 unspecified atom stereocenters. The van der Waals surface area contributed by atoms with Gasteiger partial charge in [-0.1, -0.05) is 27.4 Å². The largest absolute Gasteiger partial charge is 0.481 e. The summed E-state index contributed by atoms with van der Waals surface area (Å²) in [7, 11) is 0. The Hall–Kier alpha value is -1.56. The summed E-state index contributed by atoms with van der Waals surface area (Å²) in [5.74, 6) is -1.25. The zero-order valence-corrected chi connectivity index (χ0v) is 24.7. The van der Waals surface area contributed by atoms with Crippen LogP contribution >= 0.6 is 0 Å². The zero-order valence-electron chi connectivity index (χ0n) is 24.7. The molecule has 1 heterocycles. The Balaban J connectivity index is 1.46. The third-order valence-corrected chi connectivity index (χ3v) is 11.6. The van der Waals surface area contributed by atoms with Gasteiger partial charge in [-0.25, -0.2) is 0 Å². The van der Waals surface area contributed by atoms with Crippen molar-refractivity contribution in [3.63, 3.8) is 0 Å². The summed E-state index contributed by atoms with van der Waals surface area (Å²) in [4.78, 5) is 25.5. The van der Waals surface area contributed by atoms with Gasteiger partial charge in [-0.3, -0.25) is 9.59 Å². The molecule has 5 aliphatic rings. The quantitative estimate of drug-likeness (QED) is 0.172. The number of hydrogen-bond donors (Lipinski definition) is 5. The predicted octanol–water partition coefficient (Wildman–Crippen LogP) is 2.40. The Labute approximate surface area is 242 Å². The number of esters is 1. The van der Waals surface area contributed by atoms with E-state index in [4.69, 9.17) is 14.2 Å². The van der Waals surface area contributed by atoms with E-state index in [9.17, 15) is 35.1 Å². The van der Waals surface area contributed by atoms with Gasteiger partial charge in [-0.2, -0.15) is 0 Å². The minimum absolute atomic E-state index is 0.000804. The number of aliphatic hydroxyl groups is 4. The molecule has 1 aliphatic heterocycles. The molecule has 0 aromatic rings. The lowest BCUT2D eigenvalue weighted by atomic mass is 9.40. The molecule has 5 rings (SSSR count). The van der Waals surface area contributed by atoms with Gasteiger partial charge in [0.2, 0.25) is 0 Å². The summed E-state index contributed by atoms with van der Waals surface area (Å²) >= 11 is 0. The third-order valence-electron chi connectivity index (χ3n) is 11.6. The number of carboxylic acid groups (broad SMARTS) is 1. The lowest BCUT2D eigenvalue weighted by molar-refractivity contribution is -0.324. The second-order valence-corrected chi connectivity index (χ2v) is 14.5. The standard InChI is InChI=1S/C31H48O10/c1-15(2)10-22(33)41-25-24(35)23(34)19(14-32)40-27(25)39-18-12-29(4)20(30(5,13-18)28(37)38)8-9-31-11-17(6-7-21(29)31)16(3)26(31)36/h15,17-21,23-27,32,34-36H,3,6-14H2,1-2,4-5H3,(H,37,38)/t17-,18+,19-,20+,21+,23-,24+,25-,26+,27-,29-,30-,31-/m1/s1. The molecular weight excluding hydrogens is 532 g/mol. The van der Waals surface area contributed by atoms with Crippen molar-refractivity contribution in [2.45, 2.75) is 122 Å². The van der Waals surface area contributed by atoms with E-state index in [1.165, 1.54) is 0 Å². The second-order valence-electron chi connectivity index (χ2n) is 14.5. The second kappa shape index (κ2) is 10.9. The number of carbonyl (C=O) groups is 2. The zero-order chi connectivity index (χ0) is 30.1. The number of hydrogen-bond acceptors (Lipinski definition) is 9. The molecule has 5 N–H and O–H groups in total. The van der Waals surface area contributed by atoms with Crippen molar-refractivity contribution in [3.05, 3.63) is 12.2 Å². The van der Waals surface area contributed by atoms with Gasteiger partial charge < -0.3 is 39.7 Å². The van der Waals surface area contributed by atoms with Gasteiger partial charge in [-0.05, 0) is 86.5 Å². The topological polar surface area (TPSA) is 163 Å². The van der Waals surface area contributed by atoms with Crippen LogP contribution in [0.25, 0.3) is 0 Å². The Morgan fingerprint density at radius 3 is 2.39 bits per heavy atom. The van der Waals surface area contributed by atoms with Crippen LogP contribution in [0.5, 0.6) is 0 Å². The fourth-order valence-electron chi connectivity index (χ4n) is 9.81. The number of carbonyl (C=O) groups excluding carboxylic acids is 1. The highest BCUT2D eigenvalue weighted by atomic mass is 16.7. The summed E-state index contributed by atoms with van der Waals surface area (Å²) in [5, 5.41) is 53.2. The Bertz CT molecular complexity index is 1050. The average Bonchev–Trinajstić information content (AvgIpc) is 3.06. The van der Waals surface area contributed by atoms with Gasteiger partial charge in [0.05, 0.1) is 24.2 Å². The van der Waals surface area contributed by atoms with Gasteiger partial charge >= 0.3 is 11.9 Å². The fraction of sp³-hybridized carbons (Fsp3) is 0.871. The van der Waals surface area contributed by atoms with Crippen LogP contribution in [-0.2, 0) is 23.8 Å². The van der Waals surface area contributed by atoms with E-state index in [1.807, 2.05) is 13.8 Å². The minimum Gasteiger partial charge on any atom is -0.481 e. The number of carboxylic acids is 1. The van der Waals surface area contributed by atoms with E-state index in [1.54, 1.807) is 6.92 Å². The van der Waals surface area contributed by atoms with Crippen molar-refractivity contribution in [1.82, 2.24) is 0 Å².